The van der Waals surface area contributed by atoms with Crippen LogP contribution in [0.25, 0.3) is 0 Å². The van der Waals surface area contributed by atoms with E-state index in [0.717, 1.165) is 0 Å². The molecule has 3 N–H and O–H groups in total. The maximum Gasteiger partial charge on any atom is 0.277 e. The monoisotopic (exact) mass is 252 g/mol. The van der Waals surface area contributed by atoms with E-state index < -0.39 is 21.3 Å². The van der Waals surface area contributed by atoms with E-state index >= 15 is 0 Å². The van der Waals surface area contributed by atoms with Crippen molar-refractivity contribution < 1.29 is 13.5 Å². The Labute approximate surface area is 98.8 Å². The van der Waals surface area contributed by atoms with Crippen LogP contribution in [0.2, 0.25) is 0 Å². The minimum absolute atomic E-state index is 0.0331. The number of nitrogens with one attached hydrogen (secondary N) is 2. The van der Waals surface area contributed by atoms with Crippen LogP contribution in [0.3, 0.4) is 0 Å². The number of hydrogen-bond donors (Lipinski definition) is 3. The first-order valence-corrected chi connectivity index (χ1v) is 7.03. The summed E-state index contributed by atoms with van der Waals surface area (Å²) in [5, 5.41) is 9.94. The number of hydrogen-bond acceptors (Lipinski definition) is 3. The molecular formula is C10H24N2O3S. The van der Waals surface area contributed by atoms with Crippen molar-refractivity contribution in [2.75, 3.05) is 6.54 Å². The molecule has 0 atom stereocenters. The molecule has 0 aliphatic heterocycles. The summed E-state index contributed by atoms with van der Waals surface area (Å²) in [6.07, 6.45) is 1.03. The van der Waals surface area contributed by atoms with Crippen LogP contribution in [0, 0.1) is 0 Å². The molecule has 16 heavy (non-hydrogen) atoms. The summed E-state index contributed by atoms with van der Waals surface area (Å²) in [7, 11) is -3.55. The third-order valence-electron chi connectivity index (χ3n) is 2.35. The second-order valence-electron chi connectivity index (χ2n) is 5.11. The first-order chi connectivity index (χ1) is 7.04. The van der Waals surface area contributed by atoms with Crippen molar-refractivity contribution >= 4 is 10.2 Å². The highest BCUT2D eigenvalue weighted by atomic mass is 32.2. The third kappa shape index (κ3) is 6.42. The summed E-state index contributed by atoms with van der Waals surface area (Å²) in [5.41, 5.74) is -1.49. The van der Waals surface area contributed by atoms with Gasteiger partial charge in [-0.05, 0) is 33.6 Å². The Morgan fingerprint density at radius 1 is 1.12 bits per heavy atom. The molecule has 0 bridgehead atoms. The van der Waals surface area contributed by atoms with Crippen molar-refractivity contribution in [3.05, 3.63) is 0 Å². The Hall–Kier alpha value is -0.170. The van der Waals surface area contributed by atoms with Crippen molar-refractivity contribution in [2.24, 2.45) is 0 Å². The Morgan fingerprint density at radius 2 is 1.56 bits per heavy atom. The van der Waals surface area contributed by atoms with Gasteiger partial charge in [-0.1, -0.05) is 13.8 Å². The predicted molar refractivity (Wildman–Crippen MR) is 65.3 cm³/mol. The van der Waals surface area contributed by atoms with Crippen LogP contribution in [0.5, 0.6) is 0 Å². The molecule has 0 amide bonds. The molecule has 0 aliphatic carbocycles. The molecule has 0 aromatic heterocycles. The fourth-order valence-electron chi connectivity index (χ4n) is 1.17. The molecule has 6 heteroatoms. The largest absolute Gasteiger partial charge is 0.389 e. The van der Waals surface area contributed by atoms with Crippen LogP contribution < -0.4 is 9.44 Å². The van der Waals surface area contributed by atoms with Crippen molar-refractivity contribution in [1.82, 2.24) is 9.44 Å². The lowest BCUT2D eigenvalue weighted by molar-refractivity contribution is 0.0376. The summed E-state index contributed by atoms with van der Waals surface area (Å²) in [6, 6.07) is 0. The topological polar surface area (TPSA) is 78.4 Å². The first-order valence-electron chi connectivity index (χ1n) is 5.54. The fraction of sp³-hybridized carbons (Fsp3) is 1.00. The molecule has 0 aliphatic rings. The van der Waals surface area contributed by atoms with Crippen molar-refractivity contribution in [2.45, 2.75) is 58.6 Å². The third-order valence-corrected chi connectivity index (χ3v) is 3.75. The van der Waals surface area contributed by atoms with E-state index in [9.17, 15) is 13.5 Å². The highest BCUT2D eigenvalue weighted by Gasteiger charge is 2.26. The van der Waals surface area contributed by atoms with Crippen LogP contribution in [-0.2, 0) is 10.2 Å². The smallest absolute Gasteiger partial charge is 0.277 e. The van der Waals surface area contributed by atoms with Gasteiger partial charge in [-0.2, -0.15) is 17.9 Å². The molecule has 0 unspecified atom stereocenters. The Morgan fingerprint density at radius 3 is 1.88 bits per heavy atom. The van der Waals surface area contributed by atoms with E-state index in [0.29, 0.717) is 12.8 Å². The van der Waals surface area contributed by atoms with Gasteiger partial charge in [0.25, 0.3) is 10.2 Å². The minimum atomic E-state index is -3.55. The molecular weight excluding hydrogens is 228 g/mol. The Bertz CT molecular complexity index is 303. The van der Waals surface area contributed by atoms with Gasteiger partial charge in [0.15, 0.2) is 0 Å². The fourth-order valence-corrected chi connectivity index (χ4v) is 2.51. The normalized spacial score (nSPS) is 14.1. The molecule has 0 saturated heterocycles. The molecule has 0 fully saturated rings. The first kappa shape index (κ1) is 15.8. The van der Waals surface area contributed by atoms with Gasteiger partial charge in [0.2, 0.25) is 0 Å². The lowest BCUT2D eigenvalue weighted by Gasteiger charge is -2.27. The maximum absolute atomic E-state index is 11.6. The van der Waals surface area contributed by atoms with Crippen molar-refractivity contribution in [3.8, 4) is 0 Å². The number of rotatable bonds is 6. The molecule has 0 rings (SSSR count). The quantitative estimate of drug-likeness (QED) is 0.653. The van der Waals surface area contributed by atoms with Gasteiger partial charge in [-0.3, -0.25) is 0 Å². The van der Waals surface area contributed by atoms with Crippen LogP contribution in [0.15, 0.2) is 0 Å². The van der Waals surface area contributed by atoms with Gasteiger partial charge in [0, 0.05) is 12.1 Å². The van der Waals surface area contributed by atoms with Crippen LogP contribution in [0.4, 0.5) is 0 Å². The van der Waals surface area contributed by atoms with Crippen LogP contribution in [-0.4, -0.2) is 31.2 Å². The zero-order valence-corrected chi connectivity index (χ0v) is 11.6. The zero-order chi connectivity index (χ0) is 13.0. The lowest BCUT2D eigenvalue weighted by atomic mass is 9.98. The molecule has 0 aromatic rings. The SMILES string of the molecule is CCC(O)(CC)CNS(=O)(=O)NC(C)(C)C. The Balaban J connectivity index is 4.41. The summed E-state index contributed by atoms with van der Waals surface area (Å²) in [6.45, 7) is 8.98. The summed E-state index contributed by atoms with van der Waals surface area (Å²) < 4.78 is 28.0. The average molecular weight is 252 g/mol. The molecule has 5 nitrogen and oxygen atoms in total. The molecule has 0 spiro atoms. The van der Waals surface area contributed by atoms with E-state index in [2.05, 4.69) is 9.44 Å². The van der Waals surface area contributed by atoms with E-state index in [4.69, 9.17) is 0 Å². The predicted octanol–water partition coefficient (Wildman–Crippen LogP) is 0.760. The second kappa shape index (κ2) is 5.44. The van der Waals surface area contributed by atoms with E-state index in [-0.39, 0.29) is 6.54 Å². The lowest BCUT2D eigenvalue weighted by Crippen LogP contribution is -2.51. The van der Waals surface area contributed by atoms with Gasteiger partial charge in [0.05, 0.1) is 5.60 Å². The minimum Gasteiger partial charge on any atom is -0.389 e. The average Bonchev–Trinajstić information content (AvgIpc) is 2.11. The zero-order valence-electron chi connectivity index (χ0n) is 10.8. The molecule has 98 valence electrons. The van der Waals surface area contributed by atoms with Crippen molar-refractivity contribution in [3.63, 3.8) is 0 Å². The van der Waals surface area contributed by atoms with E-state index in [1.54, 1.807) is 20.8 Å². The Kier molecular flexibility index (Phi) is 5.38. The number of aliphatic hydroxyl groups is 1. The van der Waals surface area contributed by atoms with Gasteiger partial charge in [-0.15, -0.1) is 0 Å². The summed E-state index contributed by atoms with van der Waals surface area (Å²) >= 11 is 0. The van der Waals surface area contributed by atoms with Crippen LogP contribution >= 0.6 is 0 Å². The van der Waals surface area contributed by atoms with Gasteiger partial charge < -0.3 is 5.11 Å². The van der Waals surface area contributed by atoms with Crippen LogP contribution in [0.1, 0.15) is 47.5 Å². The molecule has 0 radical (unpaired) electrons. The maximum atomic E-state index is 11.6. The van der Waals surface area contributed by atoms with Crippen molar-refractivity contribution in [1.29, 1.82) is 0 Å². The molecule has 0 heterocycles. The summed E-state index contributed by atoms with van der Waals surface area (Å²) in [4.78, 5) is 0. The highest BCUT2D eigenvalue weighted by Crippen LogP contribution is 2.13. The van der Waals surface area contributed by atoms with Gasteiger partial charge in [-0.25, -0.2) is 0 Å². The van der Waals surface area contributed by atoms with E-state index in [1.165, 1.54) is 0 Å². The van der Waals surface area contributed by atoms with Gasteiger partial charge in [0.1, 0.15) is 0 Å². The standard InChI is InChI=1S/C10H24N2O3S/c1-6-10(13,7-2)8-11-16(14,15)12-9(3,4)5/h11-13H,6-8H2,1-5H3. The second-order valence-corrected chi connectivity index (χ2v) is 6.61. The molecule has 0 saturated carbocycles. The van der Waals surface area contributed by atoms with Gasteiger partial charge >= 0.3 is 0 Å². The summed E-state index contributed by atoms with van der Waals surface area (Å²) in [5.74, 6) is 0. The highest BCUT2D eigenvalue weighted by molar-refractivity contribution is 7.87. The van der Waals surface area contributed by atoms with E-state index in [1.807, 2.05) is 13.8 Å². The molecule has 0 aromatic carbocycles.